The zero-order valence-electron chi connectivity index (χ0n) is 5.05. The Balaban J connectivity index is 3.25. The largest absolute Gasteiger partial charge is 0.388 e. The molecular weight excluding hydrogens is 124 g/mol. The smallest absolute Gasteiger partial charge is 0.214 e. The number of thioether (sulfide) groups is 1. The summed E-state index contributed by atoms with van der Waals surface area (Å²) in [6, 6.07) is 0. The predicted octanol–water partition coefficient (Wildman–Crippen LogP) is 0.647. The first-order valence-corrected chi connectivity index (χ1v) is 3.35. The van der Waals surface area contributed by atoms with E-state index >= 15 is 0 Å². The van der Waals surface area contributed by atoms with Crippen molar-refractivity contribution in [2.75, 3.05) is 6.61 Å². The lowest BCUT2D eigenvalue weighted by Gasteiger charge is -1.97. The van der Waals surface area contributed by atoms with Gasteiger partial charge in [-0.05, 0) is 0 Å². The van der Waals surface area contributed by atoms with E-state index in [1.54, 1.807) is 0 Å². The number of aliphatic hydroxyl groups is 1. The van der Waals surface area contributed by atoms with Crippen molar-refractivity contribution in [2.45, 2.75) is 19.1 Å². The third kappa shape index (κ3) is 4.15. The molecule has 0 saturated carbocycles. The summed E-state index contributed by atoms with van der Waals surface area (Å²) in [7, 11) is 0. The highest BCUT2D eigenvalue weighted by Gasteiger charge is 2.01. The average Bonchev–Trinajstić information content (AvgIpc) is 1.65. The van der Waals surface area contributed by atoms with Gasteiger partial charge in [0, 0.05) is 5.25 Å². The summed E-state index contributed by atoms with van der Waals surface area (Å²) in [5.41, 5.74) is 0. The second-order valence-electron chi connectivity index (χ2n) is 1.70. The lowest BCUT2D eigenvalue weighted by atomic mass is 10.6. The second-order valence-corrected chi connectivity index (χ2v) is 3.33. The van der Waals surface area contributed by atoms with Crippen molar-refractivity contribution >= 4 is 16.9 Å². The topological polar surface area (TPSA) is 37.3 Å². The van der Waals surface area contributed by atoms with Gasteiger partial charge in [0.2, 0.25) is 5.12 Å². The molecule has 0 bridgehead atoms. The minimum atomic E-state index is -0.344. The van der Waals surface area contributed by atoms with Gasteiger partial charge >= 0.3 is 0 Å². The van der Waals surface area contributed by atoms with Gasteiger partial charge in [-0.1, -0.05) is 25.6 Å². The molecule has 0 aromatic rings. The van der Waals surface area contributed by atoms with Crippen molar-refractivity contribution in [1.82, 2.24) is 0 Å². The summed E-state index contributed by atoms with van der Waals surface area (Å²) in [5.74, 6) is 0. The summed E-state index contributed by atoms with van der Waals surface area (Å²) in [4.78, 5) is 10.3. The van der Waals surface area contributed by atoms with Gasteiger partial charge in [0.05, 0.1) is 0 Å². The van der Waals surface area contributed by atoms with Crippen LogP contribution in [0.15, 0.2) is 0 Å². The summed E-state index contributed by atoms with van der Waals surface area (Å²) >= 11 is 1.17. The molecule has 0 aliphatic rings. The zero-order valence-corrected chi connectivity index (χ0v) is 5.86. The molecule has 0 fully saturated rings. The van der Waals surface area contributed by atoms with Crippen molar-refractivity contribution in [1.29, 1.82) is 0 Å². The molecule has 0 aliphatic carbocycles. The first-order valence-electron chi connectivity index (χ1n) is 2.47. The van der Waals surface area contributed by atoms with E-state index in [2.05, 4.69) is 0 Å². The fourth-order valence-electron chi connectivity index (χ4n) is 0.300. The van der Waals surface area contributed by atoms with Gasteiger partial charge in [0.15, 0.2) is 0 Å². The maximum atomic E-state index is 10.3. The molecule has 8 heavy (non-hydrogen) atoms. The molecule has 3 heteroatoms. The van der Waals surface area contributed by atoms with Crippen LogP contribution in [0.3, 0.4) is 0 Å². The van der Waals surface area contributed by atoms with Crippen LogP contribution in [-0.4, -0.2) is 22.1 Å². The number of aliphatic hydroxyl groups excluding tert-OH is 1. The van der Waals surface area contributed by atoms with Gasteiger partial charge in [-0.3, -0.25) is 4.79 Å². The third-order valence-electron chi connectivity index (χ3n) is 0.496. The Morgan fingerprint density at radius 1 is 1.75 bits per heavy atom. The number of rotatable bonds is 2. The fourth-order valence-corrected chi connectivity index (χ4v) is 0.900. The van der Waals surface area contributed by atoms with Crippen LogP contribution < -0.4 is 0 Å². The fraction of sp³-hybridized carbons (Fsp3) is 0.800. The standard InChI is InChI=1S/C5H10O2S/c1-4(2)8-5(7)3-6/h4,6H,3H2,1-2H3. The quantitative estimate of drug-likeness (QED) is 0.602. The molecule has 0 aromatic carbocycles. The van der Waals surface area contributed by atoms with E-state index in [1.165, 1.54) is 11.8 Å². The third-order valence-corrected chi connectivity index (χ3v) is 1.36. The minimum absolute atomic E-state index is 0.153. The molecule has 0 spiro atoms. The van der Waals surface area contributed by atoms with Crippen LogP contribution in [0.1, 0.15) is 13.8 Å². The number of carbonyl (C=O) groups excluding carboxylic acids is 1. The van der Waals surface area contributed by atoms with E-state index in [1.807, 2.05) is 13.8 Å². The Kier molecular flexibility index (Phi) is 3.91. The maximum absolute atomic E-state index is 10.3. The summed E-state index contributed by atoms with van der Waals surface area (Å²) < 4.78 is 0. The van der Waals surface area contributed by atoms with Crippen LogP contribution in [0.4, 0.5) is 0 Å². The van der Waals surface area contributed by atoms with Crippen LogP contribution in [0.5, 0.6) is 0 Å². The Labute approximate surface area is 53.3 Å². The van der Waals surface area contributed by atoms with E-state index in [-0.39, 0.29) is 17.0 Å². The number of carbonyl (C=O) groups is 1. The highest BCUT2D eigenvalue weighted by molar-refractivity contribution is 8.14. The number of hydrogen-bond acceptors (Lipinski definition) is 3. The molecule has 0 heterocycles. The van der Waals surface area contributed by atoms with Crippen molar-refractivity contribution in [3.63, 3.8) is 0 Å². The lowest BCUT2D eigenvalue weighted by Crippen LogP contribution is -2.01. The van der Waals surface area contributed by atoms with E-state index in [4.69, 9.17) is 5.11 Å². The van der Waals surface area contributed by atoms with Gasteiger partial charge in [0.1, 0.15) is 6.61 Å². The van der Waals surface area contributed by atoms with Crippen LogP contribution in [-0.2, 0) is 4.79 Å². The Morgan fingerprint density at radius 3 is 2.38 bits per heavy atom. The summed E-state index contributed by atoms with van der Waals surface area (Å²) in [6.45, 7) is 3.49. The molecule has 0 saturated heterocycles. The van der Waals surface area contributed by atoms with Gasteiger partial charge in [0.25, 0.3) is 0 Å². The van der Waals surface area contributed by atoms with Crippen molar-refractivity contribution in [2.24, 2.45) is 0 Å². The molecular formula is C5H10O2S. The molecule has 0 aromatic heterocycles. The van der Waals surface area contributed by atoms with Gasteiger partial charge in [-0.25, -0.2) is 0 Å². The van der Waals surface area contributed by atoms with Crippen LogP contribution in [0, 0.1) is 0 Å². The monoisotopic (exact) mass is 134 g/mol. The molecule has 0 radical (unpaired) electrons. The average molecular weight is 134 g/mol. The number of hydrogen-bond donors (Lipinski definition) is 1. The highest BCUT2D eigenvalue weighted by atomic mass is 32.2. The maximum Gasteiger partial charge on any atom is 0.214 e. The zero-order chi connectivity index (χ0) is 6.57. The van der Waals surface area contributed by atoms with Crippen LogP contribution in [0.25, 0.3) is 0 Å². The van der Waals surface area contributed by atoms with Crippen LogP contribution >= 0.6 is 11.8 Å². The molecule has 1 N–H and O–H groups in total. The minimum Gasteiger partial charge on any atom is -0.388 e. The van der Waals surface area contributed by atoms with E-state index in [0.29, 0.717) is 0 Å². The van der Waals surface area contributed by atoms with Crippen LogP contribution in [0.2, 0.25) is 0 Å². The van der Waals surface area contributed by atoms with E-state index in [9.17, 15) is 4.79 Å². The first-order chi connectivity index (χ1) is 3.66. The van der Waals surface area contributed by atoms with Crippen molar-refractivity contribution in [3.05, 3.63) is 0 Å². The first kappa shape index (κ1) is 7.98. The normalized spacial score (nSPS) is 10.0. The lowest BCUT2D eigenvalue weighted by molar-refractivity contribution is -0.113. The van der Waals surface area contributed by atoms with Crippen molar-refractivity contribution < 1.29 is 9.90 Å². The van der Waals surface area contributed by atoms with Gasteiger partial charge in [-0.2, -0.15) is 0 Å². The highest BCUT2D eigenvalue weighted by Crippen LogP contribution is 2.08. The van der Waals surface area contributed by atoms with Gasteiger partial charge < -0.3 is 5.11 Å². The summed E-state index contributed by atoms with van der Waals surface area (Å²) in [6.07, 6.45) is 0. The van der Waals surface area contributed by atoms with Crippen molar-refractivity contribution in [3.8, 4) is 0 Å². The van der Waals surface area contributed by atoms with E-state index in [0.717, 1.165) is 0 Å². The molecule has 0 atom stereocenters. The Bertz CT molecular complexity index is 80.5. The van der Waals surface area contributed by atoms with Gasteiger partial charge in [-0.15, -0.1) is 0 Å². The Morgan fingerprint density at radius 2 is 2.25 bits per heavy atom. The molecule has 0 aliphatic heterocycles. The molecule has 0 amide bonds. The molecule has 0 rings (SSSR count). The van der Waals surface area contributed by atoms with E-state index < -0.39 is 0 Å². The second kappa shape index (κ2) is 3.92. The molecule has 48 valence electrons. The predicted molar refractivity (Wildman–Crippen MR) is 34.8 cm³/mol. The Hall–Kier alpha value is -0.0200. The molecule has 2 nitrogen and oxygen atoms in total. The SMILES string of the molecule is CC(C)SC(=O)CO. The summed E-state index contributed by atoms with van der Waals surface area (Å²) in [5, 5.41) is 8.35. The molecule has 0 unspecified atom stereocenters.